The lowest BCUT2D eigenvalue weighted by atomic mass is 10.1. The van der Waals surface area contributed by atoms with Crippen LogP contribution in [0, 0.1) is 0 Å². The lowest BCUT2D eigenvalue weighted by Crippen LogP contribution is -2.27. The zero-order valence-corrected chi connectivity index (χ0v) is 13.1. The third kappa shape index (κ3) is 3.56. The number of pyridine rings is 1. The van der Waals surface area contributed by atoms with Crippen LogP contribution < -0.4 is 5.32 Å². The molecule has 1 aliphatic heterocycles. The molecular weight excluding hydrogens is 290 g/mol. The molecule has 3 rings (SSSR count). The van der Waals surface area contributed by atoms with E-state index >= 15 is 0 Å². The Balaban J connectivity index is 1.78. The zero-order chi connectivity index (χ0) is 16.2. The molecule has 5 heteroatoms. The van der Waals surface area contributed by atoms with Crippen LogP contribution in [-0.4, -0.2) is 34.7 Å². The molecule has 1 N–H and O–H groups in total. The summed E-state index contributed by atoms with van der Waals surface area (Å²) in [5.74, 6) is 0.0425. The first-order chi connectivity index (χ1) is 11.1. The summed E-state index contributed by atoms with van der Waals surface area (Å²) in [7, 11) is 0. The average Bonchev–Trinajstić information content (AvgIpc) is 3.09. The summed E-state index contributed by atoms with van der Waals surface area (Å²) >= 11 is 0. The van der Waals surface area contributed by atoms with Gasteiger partial charge in [0, 0.05) is 30.5 Å². The average molecular weight is 309 g/mol. The summed E-state index contributed by atoms with van der Waals surface area (Å²) in [6.07, 6.45) is 5.39. The molecule has 1 fully saturated rings. The third-order valence-electron chi connectivity index (χ3n) is 3.94. The van der Waals surface area contributed by atoms with Crippen molar-refractivity contribution in [3.05, 3.63) is 53.9 Å². The highest BCUT2D eigenvalue weighted by molar-refractivity contribution is 5.96. The largest absolute Gasteiger partial charge is 0.354 e. The second-order valence-electron chi connectivity index (χ2n) is 5.72. The number of likely N-dealkylation sites (tertiary alicyclic amines) is 1. The molecule has 0 radical (unpaired) electrons. The second-order valence-corrected chi connectivity index (χ2v) is 5.72. The number of hydrogen-bond donors (Lipinski definition) is 1. The zero-order valence-electron chi connectivity index (χ0n) is 13.1. The van der Waals surface area contributed by atoms with Crippen molar-refractivity contribution in [3.63, 3.8) is 0 Å². The van der Waals surface area contributed by atoms with Crippen LogP contribution in [0.3, 0.4) is 0 Å². The van der Waals surface area contributed by atoms with Crippen LogP contribution in [0.25, 0.3) is 0 Å². The molecule has 0 aliphatic carbocycles. The van der Waals surface area contributed by atoms with Crippen LogP contribution in [0.4, 0.5) is 11.4 Å². The Morgan fingerprint density at radius 2 is 1.78 bits per heavy atom. The van der Waals surface area contributed by atoms with E-state index in [-0.39, 0.29) is 11.7 Å². The third-order valence-corrected chi connectivity index (χ3v) is 3.94. The number of Topliss-reactive ketones (excluding diaryl/α,β-unsaturated/α-hetero) is 1. The van der Waals surface area contributed by atoms with Gasteiger partial charge in [0.05, 0.1) is 17.4 Å². The number of carbonyl (C=O) groups excluding carboxylic acids is 2. The highest BCUT2D eigenvalue weighted by atomic mass is 16.2. The highest BCUT2D eigenvalue weighted by Crippen LogP contribution is 2.20. The maximum atomic E-state index is 12.4. The molecule has 1 amide bonds. The van der Waals surface area contributed by atoms with E-state index in [2.05, 4.69) is 10.3 Å². The molecule has 23 heavy (non-hydrogen) atoms. The van der Waals surface area contributed by atoms with E-state index in [0.717, 1.165) is 37.3 Å². The number of aromatic nitrogens is 1. The summed E-state index contributed by atoms with van der Waals surface area (Å²) in [5, 5.41) is 3.20. The van der Waals surface area contributed by atoms with Gasteiger partial charge in [0.15, 0.2) is 5.78 Å². The number of benzene rings is 1. The van der Waals surface area contributed by atoms with Crippen LogP contribution in [0.1, 0.15) is 40.5 Å². The lowest BCUT2D eigenvalue weighted by molar-refractivity contribution is 0.0792. The summed E-state index contributed by atoms with van der Waals surface area (Å²) in [6, 6.07) is 9.07. The molecule has 0 unspecified atom stereocenters. The molecule has 0 atom stereocenters. The minimum Gasteiger partial charge on any atom is -0.354 e. The molecule has 1 aromatic carbocycles. The summed E-state index contributed by atoms with van der Waals surface area (Å²) in [6.45, 7) is 3.17. The van der Waals surface area contributed by atoms with Gasteiger partial charge in [-0.15, -0.1) is 0 Å². The molecule has 0 spiro atoms. The van der Waals surface area contributed by atoms with E-state index in [0.29, 0.717) is 11.1 Å². The Kier molecular flexibility index (Phi) is 4.37. The van der Waals surface area contributed by atoms with Crippen molar-refractivity contribution in [1.82, 2.24) is 9.88 Å². The number of nitrogens with one attached hydrogen (secondary N) is 1. The maximum Gasteiger partial charge on any atom is 0.255 e. The van der Waals surface area contributed by atoms with Crippen molar-refractivity contribution in [2.75, 3.05) is 18.4 Å². The fourth-order valence-electron chi connectivity index (χ4n) is 2.71. The smallest absolute Gasteiger partial charge is 0.255 e. The summed E-state index contributed by atoms with van der Waals surface area (Å²) in [4.78, 5) is 29.9. The number of amides is 1. The van der Waals surface area contributed by atoms with E-state index in [1.165, 1.54) is 6.92 Å². The fraction of sp³-hybridized carbons (Fsp3) is 0.278. The van der Waals surface area contributed by atoms with Gasteiger partial charge in [-0.05, 0) is 38.0 Å². The van der Waals surface area contributed by atoms with Gasteiger partial charge in [-0.1, -0.05) is 12.1 Å². The Labute approximate surface area is 135 Å². The molecule has 118 valence electrons. The predicted molar refractivity (Wildman–Crippen MR) is 89.1 cm³/mol. The normalized spacial score (nSPS) is 13.9. The van der Waals surface area contributed by atoms with Gasteiger partial charge in [-0.3, -0.25) is 14.6 Å². The summed E-state index contributed by atoms with van der Waals surface area (Å²) < 4.78 is 0. The Bertz CT molecular complexity index is 737. The van der Waals surface area contributed by atoms with Crippen molar-refractivity contribution in [2.45, 2.75) is 19.8 Å². The minimum atomic E-state index is 0.0183. The SMILES string of the molecule is CC(=O)c1cccc(Nc2cncc(C(=O)N3CCCC3)c2)c1. The van der Waals surface area contributed by atoms with Gasteiger partial charge in [0.25, 0.3) is 5.91 Å². The quantitative estimate of drug-likeness (QED) is 0.881. The van der Waals surface area contributed by atoms with Gasteiger partial charge >= 0.3 is 0 Å². The Morgan fingerprint density at radius 3 is 2.52 bits per heavy atom. The van der Waals surface area contributed by atoms with Crippen LogP contribution in [-0.2, 0) is 0 Å². The Morgan fingerprint density at radius 1 is 1.04 bits per heavy atom. The highest BCUT2D eigenvalue weighted by Gasteiger charge is 2.19. The van der Waals surface area contributed by atoms with Crippen LogP contribution in [0.5, 0.6) is 0 Å². The van der Waals surface area contributed by atoms with Crippen LogP contribution in [0.2, 0.25) is 0 Å². The predicted octanol–water partition coefficient (Wildman–Crippen LogP) is 3.26. The van der Waals surface area contributed by atoms with Crippen molar-refractivity contribution in [1.29, 1.82) is 0 Å². The van der Waals surface area contributed by atoms with Gasteiger partial charge < -0.3 is 10.2 Å². The van der Waals surface area contributed by atoms with Gasteiger partial charge in [0.1, 0.15) is 0 Å². The number of ketones is 1. The van der Waals surface area contributed by atoms with Gasteiger partial charge in [0.2, 0.25) is 0 Å². The molecule has 1 aromatic heterocycles. The van der Waals surface area contributed by atoms with E-state index in [1.807, 2.05) is 17.0 Å². The molecule has 0 bridgehead atoms. The topological polar surface area (TPSA) is 62.3 Å². The number of nitrogens with zero attached hydrogens (tertiary/aromatic N) is 2. The van der Waals surface area contributed by atoms with E-state index in [1.54, 1.807) is 30.6 Å². The summed E-state index contributed by atoms with van der Waals surface area (Å²) in [5.41, 5.74) is 2.76. The van der Waals surface area contributed by atoms with Crippen molar-refractivity contribution in [2.24, 2.45) is 0 Å². The fourth-order valence-corrected chi connectivity index (χ4v) is 2.71. The van der Waals surface area contributed by atoms with Crippen molar-refractivity contribution >= 4 is 23.1 Å². The molecule has 1 saturated heterocycles. The van der Waals surface area contributed by atoms with Crippen molar-refractivity contribution < 1.29 is 9.59 Å². The first kappa shape index (κ1) is 15.2. The van der Waals surface area contributed by atoms with Gasteiger partial charge in [-0.25, -0.2) is 0 Å². The number of anilines is 2. The molecule has 5 nitrogen and oxygen atoms in total. The molecule has 0 saturated carbocycles. The van der Waals surface area contributed by atoms with E-state index in [9.17, 15) is 9.59 Å². The minimum absolute atomic E-state index is 0.0183. The molecule has 2 aromatic rings. The van der Waals surface area contributed by atoms with E-state index < -0.39 is 0 Å². The number of hydrogen-bond acceptors (Lipinski definition) is 4. The first-order valence-electron chi connectivity index (χ1n) is 7.76. The standard InChI is InChI=1S/C18H19N3O2/c1-13(22)14-5-4-6-16(9-14)20-17-10-15(11-19-12-17)18(23)21-7-2-3-8-21/h4-6,9-12,20H,2-3,7-8H2,1H3. The lowest BCUT2D eigenvalue weighted by Gasteiger charge is -2.15. The Hall–Kier alpha value is -2.69. The maximum absolute atomic E-state index is 12.4. The second kappa shape index (κ2) is 6.60. The van der Waals surface area contributed by atoms with Crippen molar-refractivity contribution in [3.8, 4) is 0 Å². The number of rotatable bonds is 4. The van der Waals surface area contributed by atoms with Gasteiger partial charge in [-0.2, -0.15) is 0 Å². The number of carbonyl (C=O) groups is 2. The molecule has 1 aliphatic rings. The van der Waals surface area contributed by atoms with Crippen LogP contribution >= 0.6 is 0 Å². The van der Waals surface area contributed by atoms with Crippen LogP contribution in [0.15, 0.2) is 42.7 Å². The molecule has 2 heterocycles. The van der Waals surface area contributed by atoms with E-state index in [4.69, 9.17) is 0 Å². The first-order valence-corrected chi connectivity index (χ1v) is 7.76. The molecular formula is C18H19N3O2. The monoisotopic (exact) mass is 309 g/mol.